The summed E-state index contributed by atoms with van der Waals surface area (Å²) in [6.07, 6.45) is 0.0323. The van der Waals surface area contributed by atoms with Crippen LogP contribution in [-0.2, 0) is 23.7 Å². The van der Waals surface area contributed by atoms with E-state index >= 15 is 0 Å². The lowest BCUT2D eigenvalue weighted by molar-refractivity contribution is -0.126. The molecule has 0 unspecified atom stereocenters. The molecule has 0 aromatic carbocycles. The summed E-state index contributed by atoms with van der Waals surface area (Å²) < 4.78 is 21.0. The minimum absolute atomic E-state index is 0.0323. The van der Waals surface area contributed by atoms with Gasteiger partial charge in [0.2, 0.25) is 5.91 Å². The van der Waals surface area contributed by atoms with E-state index in [2.05, 4.69) is 15.3 Å². The molecular formula is C15H30N4O8. The fraction of sp³-hybridized carbons (Fsp3) is 0.933. The number of carbonyl (C=O) groups excluding carboxylic acids is 1. The van der Waals surface area contributed by atoms with Crippen LogP contribution < -0.4 is 5.32 Å². The van der Waals surface area contributed by atoms with Gasteiger partial charge in [0, 0.05) is 17.9 Å². The molecule has 0 saturated heterocycles. The van der Waals surface area contributed by atoms with Gasteiger partial charge in [0.15, 0.2) is 0 Å². The molecule has 158 valence electrons. The molecule has 0 rings (SSSR count). The van der Waals surface area contributed by atoms with Crippen molar-refractivity contribution >= 4 is 5.91 Å². The van der Waals surface area contributed by atoms with Crippen LogP contribution in [0.1, 0.15) is 6.42 Å². The number of aliphatic hydroxyl groups is 3. The molecular weight excluding hydrogens is 364 g/mol. The van der Waals surface area contributed by atoms with Gasteiger partial charge in [0.05, 0.1) is 72.7 Å². The lowest BCUT2D eigenvalue weighted by Gasteiger charge is -2.28. The highest BCUT2D eigenvalue weighted by Crippen LogP contribution is 2.02. The molecule has 0 bridgehead atoms. The van der Waals surface area contributed by atoms with E-state index in [1.165, 1.54) is 0 Å². The number of hydrogen-bond donors (Lipinski definition) is 4. The summed E-state index contributed by atoms with van der Waals surface area (Å²) in [4.78, 5) is 14.3. The van der Waals surface area contributed by atoms with Crippen molar-refractivity contribution in [2.24, 2.45) is 5.11 Å². The Hall–Kier alpha value is -1.50. The van der Waals surface area contributed by atoms with Crippen LogP contribution in [-0.4, -0.2) is 106 Å². The molecule has 0 fully saturated rings. The second kappa shape index (κ2) is 17.9. The Kier molecular flexibility index (Phi) is 16.9. The van der Waals surface area contributed by atoms with E-state index in [-0.39, 0.29) is 13.0 Å². The Labute approximate surface area is 158 Å². The number of aliphatic hydroxyl groups excluding tert-OH is 3. The standard InChI is InChI=1S/C15H30N4O8/c16-19-17-2-4-25-6-8-27-10-9-26-7-5-24-3-1-14(23)18-15(11-20,12-21)13-22/h20-22H,1-13H2,(H,18,23). The summed E-state index contributed by atoms with van der Waals surface area (Å²) in [6.45, 7) is 1.41. The Morgan fingerprint density at radius 3 is 1.74 bits per heavy atom. The van der Waals surface area contributed by atoms with Crippen molar-refractivity contribution in [3.8, 4) is 0 Å². The molecule has 0 atom stereocenters. The topological polar surface area (TPSA) is 175 Å². The summed E-state index contributed by atoms with van der Waals surface area (Å²) in [5, 5.41) is 33.1. The number of carbonyl (C=O) groups is 1. The lowest BCUT2D eigenvalue weighted by atomic mass is 10.0. The molecule has 0 spiro atoms. The molecule has 12 heteroatoms. The largest absolute Gasteiger partial charge is 0.394 e. The maximum absolute atomic E-state index is 11.7. The average Bonchev–Trinajstić information content (AvgIpc) is 2.69. The zero-order valence-electron chi connectivity index (χ0n) is 15.4. The minimum atomic E-state index is -1.42. The molecule has 0 aliphatic carbocycles. The molecule has 0 aromatic heterocycles. The first-order valence-electron chi connectivity index (χ1n) is 8.59. The Balaban J connectivity index is 3.40. The van der Waals surface area contributed by atoms with Gasteiger partial charge in [-0.1, -0.05) is 5.11 Å². The molecule has 12 nitrogen and oxygen atoms in total. The van der Waals surface area contributed by atoms with E-state index in [0.717, 1.165) is 0 Å². The molecule has 0 heterocycles. The first kappa shape index (κ1) is 25.5. The van der Waals surface area contributed by atoms with E-state index in [9.17, 15) is 4.79 Å². The van der Waals surface area contributed by atoms with E-state index in [1.54, 1.807) is 0 Å². The third-order valence-electron chi connectivity index (χ3n) is 3.30. The highest BCUT2D eigenvalue weighted by atomic mass is 16.6. The van der Waals surface area contributed by atoms with Gasteiger partial charge in [0.25, 0.3) is 0 Å². The SMILES string of the molecule is [N-]=[N+]=NCCOCCOCCOCCOCCC(=O)NC(CO)(CO)CO. The highest BCUT2D eigenvalue weighted by Gasteiger charge is 2.29. The van der Waals surface area contributed by atoms with Crippen molar-refractivity contribution in [2.45, 2.75) is 12.0 Å². The zero-order chi connectivity index (χ0) is 20.2. The Morgan fingerprint density at radius 1 is 0.852 bits per heavy atom. The van der Waals surface area contributed by atoms with Crippen LogP contribution in [0.4, 0.5) is 0 Å². The average molecular weight is 394 g/mol. The van der Waals surface area contributed by atoms with Gasteiger partial charge in [-0.2, -0.15) is 0 Å². The monoisotopic (exact) mass is 394 g/mol. The van der Waals surface area contributed by atoms with E-state index in [1.807, 2.05) is 0 Å². The Bertz CT molecular complexity index is 408. The second-order valence-corrected chi connectivity index (χ2v) is 5.46. The number of amides is 1. The summed E-state index contributed by atoms with van der Waals surface area (Å²) in [7, 11) is 0. The molecule has 0 aromatic rings. The summed E-state index contributed by atoms with van der Waals surface area (Å²) in [6, 6.07) is 0. The fourth-order valence-corrected chi connectivity index (χ4v) is 1.70. The van der Waals surface area contributed by atoms with Crippen LogP contribution in [0.2, 0.25) is 0 Å². The second-order valence-electron chi connectivity index (χ2n) is 5.46. The molecule has 4 N–H and O–H groups in total. The molecule has 1 amide bonds. The van der Waals surface area contributed by atoms with Crippen molar-refractivity contribution in [2.75, 3.05) is 79.2 Å². The van der Waals surface area contributed by atoms with Gasteiger partial charge in [-0.3, -0.25) is 4.79 Å². The maximum Gasteiger partial charge on any atom is 0.222 e. The molecule has 0 aliphatic rings. The van der Waals surface area contributed by atoms with Gasteiger partial charge < -0.3 is 39.6 Å². The van der Waals surface area contributed by atoms with Crippen LogP contribution >= 0.6 is 0 Å². The van der Waals surface area contributed by atoms with Crippen molar-refractivity contribution in [3.63, 3.8) is 0 Å². The third-order valence-corrected chi connectivity index (χ3v) is 3.30. The fourth-order valence-electron chi connectivity index (χ4n) is 1.70. The summed E-state index contributed by atoms with van der Waals surface area (Å²) >= 11 is 0. The first-order chi connectivity index (χ1) is 13.1. The Morgan fingerprint density at radius 2 is 1.30 bits per heavy atom. The first-order valence-corrected chi connectivity index (χ1v) is 8.59. The number of nitrogens with one attached hydrogen (secondary N) is 1. The third kappa shape index (κ3) is 14.3. The molecule has 0 radical (unpaired) electrons. The van der Waals surface area contributed by atoms with Gasteiger partial charge in [0.1, 0.15) is 5.54 Å². The number of azide groups is 1. The van der Waals surface area contributed by atoms with E-state index < -0.39 is 31.3 Å². The molecule has 0 aliphatic heterocycles. The van der Waals surface area contributed by atoms with Crippen molar-refractivity contribution in [3.05, 3.63) is 10.4 Å². The van der Waals surface area contributed by atoms with Crippen molar-refractivity contribution in [1.82, 2.24) is 5.32 Å². The van der Waals surface area contributed by atoms with Crippen molar-refractivity contribution in [1.29, 1.82) is 0 Å². The van der Waals surface area contributed by atoms with Crippen LogP contribution in [0, 0.1) is 0 Å². The van der Waals surface area contributed by atoms with Crippen LogP contribution in [0.3, 0.4) is 0 Å². The summed E-state index contributed by atoms with van der Waals surface area (Å²) in [5.41, 5.74) is 6.64. The molecule has 27 heavy (non-hydrogen) atoms. The number of hydrogen-bond acceptors (Lipinski definition) is 9. The van der Waals surface area contributed by atoms with E-state index in [0.29, 0.717) is 52.8 Å². The van der Waals surface area contributed by atoms with Gasteiger partial charge >= 0.3 is 0 Å². The lowest BCUT2D eigenvalue weighted by Crippen LogP contribution is -2.57. The normalized spacial score (nSPS) is 11.2. The van der Waals surface area contributed by atoms with Gasteiger partial charge in [-0.05, 0) is 5.53 Å². The number of rotatable bonds is 19. The van der Waals surface area contributed by atoms with Gasteiger partial charge in [-0.25, -0.2) is 0 Å². The minimum Gasteiger partial charge on any atom is -0.394 e. The summed E-state index contributed by atoms with van der Waals surface area (Å²) in [5.74, 6) is -0.442. The smallest absolute Gasteiger partial charge is 0.222 e. The van der Waals surface area contributed by atoms with Crippen molar-refractivity contribution < 1.29 is 39.1 Å². The van der Waals surface area contributed by atoms with Crippen LogP contribution in [0.25, 0.3) is 10.4 Å². The van der Waals surface area contributed by atoms with E-state index in [4.69, 9.17) is 39.8 Å². The zero-order valence-corrected chi connectivity index (χ0v) is 15.4. The molecule has 0 saturated carbocycles. The number of nitrogens with zero attached hydrogens (tertiary/aromatic N) is 3. The van der Waals surface area contributed by atoms with Gasteiger partial charge in [-0.15, -0.1) is 0 Å². The van der Waals surface area contributed by atoms with Crippen LogP contribution in [0.15, 0.2) is 5.11 Å². The quantitative estimate of drug-likeness (QED) is 0.0893. The van der Waals surface area contributed by atoms with Crippen LogP contribution in [0.5, 0.6) is 0 Å². The highest BCUT2D eigenvalue weighted by molar-refractivity contribution is 5.77. The maximum atomic E-state index is 11.7. The number of ether oxygens (including phenoxy) is 4. The predicted octanol–water partition coefficient (Wildman–Crippen LogP) is -1.41. The predicted molar refractivity (Wildman–Crippen MR) is 94.0 cm³/mol.